The normalized spacial score (nSPS) is 11.8. The zero-order valence-corrected chi connectivity index (χ0v) is 21.3. The molecule has 0 bridgehead atoms. The summed E-state index contributed by atoms with van der Waals surface area (Å²) in [5.74, 6) is -2.11. The maximum atomic E-state index is 13.0. The van der Waals surface area contributed by atoms with Gasteiger partial charge in [-0.15, -0.1) is 0 Å². The summed E-state index contributed by atoms with van der Waals surface area (Å²) in [6, 6.07) is 16.6. The fourth-order valence-electron chi connectivity index (χ4n) is 3.44. The van der Waals surface area contributed by atoms with Crippen LogP contribution in [0.2, 0.25) is 10.0 Å². The van der Waals surface area contributed by atoms with E-state index in [2.05, 4.69) is 15.8 Å². The molecule has 37 heavy (non-hydrogen) atoms. The Morgan fingerprint density at radius 2 is 1.59 bits per heavy atom. The summed E-state index contributed by atoms with van der Waals surface area (Å²) in [4.78, 5) is 42.3. The summed E-state index contributed by atoms with van der Waals surface area (Å²) in [7, 11) is 2.72. The number of carboxylic acids is 1. The number of amides is 2. The number of para-hydroxylation sites is 1. The first-order valence-electron chi connectivity index (χ1n) is 10.9. The average Bonchev–Trinajstić information content (AvgIpc) is 2.87. The van der Waals surface area contributed by atoms with E-state index in [0.717, 1.165) is 0 Å². The van der Waals surface area contributed by atoms with Crippen LogP contribution in [0.15, 0.2) is 71.9 Å². The Balaban J connectivity index is 1.72. The lowest BCUT2D eigenvalue weighted by Gasteiger charge is -2.16. The molecule has 3 aromatic carbocycles. The Bertz CT molecular complexity index is 1310. The second-order valence-corrected chi connectivity index (χ2v) is 8.45. The molecule has 0 saturated carbocycles. The predicted molar refractivity (Wildman–Crippen MR) is 141 cm³/mol. The third-order valence-corrected chi connectivity index (χ3v) is 5.83. The monoisotopic (exact) mass is 543 g/mol. The van der Waals surface area contributed by atoms with Crippen molar-refractivity contribution in [2.24, 2.45) is 5.16 Å². The van der Waals surface area contributed by atoms with Crippen molar-refractivity contribution in [1.29, 1.82) is 0 Å². The van der Waals surface area contributed by atoms with E-state index in [4.69, 9.17) is 32.8 Å². The van der Waals surface area contributed by atoms with Gasteiger partial charge in [-0.3, -0.25) is 9.59 Å². The third kappa shape index (κ3) is 6.99. The fraction of sp³-hybridized carbons (Fsp3) is 0.154. The van der Waals surface area contributed by atoms with Crippen molar-refractivity contribution >= 4 is 52.4 Å². The molecule has 0 heterocycles. The van der Waals surface area contributed by atoms with Crippen LogP contribution in [0.25, 0.3) is 0 Å². The molecule has 9 nitrogen and oxygen atoms in total. The van der Waals surface area contributed by atoms with Gasteiger partial charge in [-0.05, 0) is 42.0 Å². The van der Waals surface area contributed by atoms with Crippen molar-refractivity contribution in [2.75, 3.05) is 19.5 Å². The number of anilines is 1. The number of methoxy groups -OCH3 is 1. The SMILES string of the molecule is CON=C(C(=O)N[C@@H](Cc1ccc(NC(=O)c2c(Cl)cccc2Cl)cc1)C(=O)O)c1ccccc1OC. The van der Waals surface area contributed by atoms with Gasteiger partial charge in [-0.25, -0.2) is 4.79 Å². The highest BCUT2D eigenvalue weighted by Crippen LogP contribution is 2.25. The van der Waals surface area contributed by atoms with Gasteiger partial charge in [0.15, 0.2) is 5.71 Å². The average molecular weight is 544 g/mol. The van der Waals surface area contributed by atoms with E-state index in [-0.39, 0.29) is 27.7 Å². The van der Waals surface area contributed by atoms with Crippen LogP contribution in [0.5, 0.6) is 5.75 Å². The van der Waals surface area contributed by atoms with Crippen molar-refractivity contribution in [1.82, 2.24) is 5.32 Å². The van der Waals surface area contributed by atoms with Crippen molar-refractivity contribution < 1.29 is 29.1 Å². The van der Waals surface area contributed by atoms with Gasteiger partial charge < -0.3 is 25.3 Å². The molecule has 3 N–H and O–H groups in total. The summed E-state index contributed by atoms with van der Waals surface area (Å²) in [5.41, 5.74) is 1.40. The highest BCUT2D eigenvalue weighted by Gasteiger charge is 2.26. The number of nitrogens with one attached hydrogen (secondary N) is 2. The van der Waals surface area contributed by atoms with Crippen molar-refractivity contribution in [2.45, 2.75) is 12.5 Å². The molecule has 2 amide bonds. The van der Waals surface area contributed by atoms with Gasteiger partial charge >= 0.3 is 5.97 Å². The summed E-state index contributed by atoms with van der Waals surface area (Å²) >= 11 is 12.2. The highest BCUT2D eigenvalue weighted by atomic mass is 35.5. The lowest BCUT2D eigenvalue weighted by Crippen LogP contribution is -2.45. The minimum absolute atomic E-state index is 0.0299. The smallest absolute Gasteiger partial charge is 0.326 e. The van der Waals surface area contributed by atoms with Gasteiger partial charge in [0.05, 0.1) is 28.3 Å². The van der Waals surface area contributed by atoms with Crippen LogP contribution in [0.1, 0.15) is 21.5 Å². The topological polar surface area (TPSA) is 126 Å². The number of carbonyl (C=O) groups is 3. The van der Waals surface area contributed by atoms with Crippen LogP contribution in [0, 0.1) is 0 Å². The second-order valence-electron chi connectivity index (χ2n) is 7.64. The van der Waals surface area contributed by atoms with E-state index in [9.17, 15) is 19.5 Å². The van der Waals surface area contributed by atoms with E-state index in [0.29, 0.717) is 22.6 Å². The van der Waals surface area contributed by atoms with Gasteiger partial charge in [0, 0.05) is 12.1 Å². The van der Waals surface area contributed by atoms with Crippen LogP contribution in [-0.4, -0.2) is 48.9 Å². The molecule has 0 radical (unpaired) electrons. The Hall–Kier alpha value is -4.08. The highest BCUT2D eigenvalue weighted by molar-refractivity contribution is 6.46. The Labute approximate surface area is 223 Å². The molecule has 0 saturated heterocycles. The Morgan fingerprint density at radius 3 is 2.19 bits per heavy atom. The summed E-state index contributed by atoms with van der Waals surface area (Å²) in [5, 5.41) is 19.1. The van der Waals surface area contributed by atoms with Crippen molar-refractivity contribution in [3.05, 3.63) is 93.5 Å². The number of rotatable bonds is 10. The summed E-state index contributed by atoms with van der Waals surface area (Å²) in [6.07, 6.45) is -0.0299. The number of ether oxygens (including phenoxy) is 1. The molecular formula is C26H23Cl2N3O6. The van der Waals surface area contributed by atoms with Crippen molar-refractivity contribution in [3.63, 3.8) is 0 Å². The molecule has 0 fully saturated rings. The first-order valence-corrected chi connectivity index (χ1v) is 11.6. The number of benzene rings is 3. The zero-order chi connectivity index (χ0) is 26.9. The Morgan fingerprint density at radius 1 is 0.946 bits per heavy atom. The first-order chi connectivity index (χ1) is 17.7. The number of aliphatic carboxylic acids is 1. The quantitative estimate of drug-likeness (QED) is 0.256. The van der Waals surface area contributed by atoms with Crippen LogP contribution in [-0.2, 0) is 20.8 Å². The molecule has 0 spiro atoms. The first kappa shape index (κ1) is 27.5. The maximum Gasteiger partial charge on any atom is 0.326 e. The molecule has 192 valence electrons. The molecule has 0 aliphatic heterocycles. The number of carbonyl (C=O) groups excluding carboxylic acids is 2. The number of halogens is 2. The zero-order valence-electron chi connectivity index (χ0n) is 19.8. The lowest BCUT2D eigenvalue weighted by molar-refractivity contribution is -0.141. The number of oxime groups is 1. The Kier molecular flexibility index (Phi) is 9.48. The molecule has 0 aromatic heterocycles. The molecule has 3 rings (SSSR count). The summed E-state index contributed by atoms with van der Waals surface area (Å²) in [6.45, 7) is 0. The molecule has 0 aliphatic rings. The summed E-state index contributed by atoms with van der Waals surface area (Å²) < 4.78 is 5.27. The van der Waals surface area contributed by atoms with Gasteiger partial charge in [-0.2, -0.15) is 0 Å². The number of hydrogen-bond acceptors (Lipinski definition) is 6. The van der Waals surface area contributed by atoms with Crippen LogP contribution >= 0.6 is 23.2 Å². The predicted octanol–water partition coefficient (Wildman–Crippen LogP) is 4.42. The molecule has 1 atom stereocenters. The third-order valence-electron chi connectivity index (χ3n) is 5.20. The van der Waals surface area contributed by atoms with Crippen LogP contribution in [0.3, 0.4) is 0 Å². The lowest BCUT2D eigenvalue weighted by atomic mass is 10.0. The second kappa shape index (κ2) is 12.8. The molecular weight excluding hydrogens is 521 g/mol. The van der Waals surface area contributed by atoms with Gasteiger partial charge in [0.25, 0.3) is 11.8 Å². The van der Waals surface area contributed by atoms with Gasteiger partial charge in [0.2, 0.25) is 0 Å². The standard InChI is InChI=1S/C26H23Cl2N3O6/c1-36-21-9-4-3-6-17(21)23(31-37-2)25(33)30-20(26(34)35)14-15-10-12-16(13-11-15)29-24(32)22-18(27)7-5-8-19(22)28/h3-13,20H,14H2,1-2H3,(H,29,32)(H,30,33)(H,34,35)/t20-/m0/s1. The minimum Gasteiger partial charge on any atom is -0.496 e. The minimum atomic E-state index is -1.27. The van der Waals surface area contributed by atoms with Crippen LogP contribution in [0.4, 0.5) is 5.69 Å². The van der Waals surface area contributed by atoms with Gasteiger partial charge in [-0.1, -0.05) is 58.7 Å². The van der Waals surface area contributed by atoms with E-state index >= 15 is 0 Å². The molecule has 11 heteroatoms. The molecule has 0 aliphatic carbocycles. The van der Waals surface area contributed by atoms with E-state index in [1.54, 1.807) is 66.7 Å². The van der Waals surface area contributed by atoms with Gasteiger partial charge in [0.1, 0.15) is 18.9 Å². The number of carboxylic acid groups (broad SMARTS) is 1. The van der Waals surface area contributed by atoms with E-state index < -0.39 is 23.8 Å². The number of hydrogen-bond donors (Lipinski definition) is 3. The van der Waals surface area contributed by atoms with Crippen molar-refractivity contribution in [3.8, 4) is 5.75 Å². The molecule has 3 aromatic rings. The van der Waals surface area contributed by atoms with E-state index in [1.807, 2.05) is 0 Å². The maximum absolute atomic E-state index is 13.0. The fourth-order valence-corrected chi connectivity index (χ4v) is 4.01. The largest absolute Gasteiger partial charge is 0.496 e. The van der Waals surface area contributed by atoms with Crippen LogP contribution < -0.4 is 15.4 Å². The van der Waals surface area contributed by atoms with E-state index in [1.165, 1.54) is 14.2 Å². The number of nitrogens with zero attached hydrogens (tertiary/aromatic N) is 1. The molecule has 0 unspecified atom stereocenters.